The van der Waals surface area contributed by atoms with E-state index in [0.29, 0.717) is 10.9 Å². The van der Waals surface area contributed by atoms with Gasteiger partial charge < -0.3 is 19.4 Å². The highest BCUT2D eigenvalue weighted by atomic mass is 16.5. The van der Waals surface area contributed by atoms with E-state index in [1.807, 2.05) is 0 Å². The minimum atomic E-state index is -1.30. The lowest BCUT2D eigenvalue weighted by Crippen LogP contribution is -2.37. The van der Waals surface area contributed by atoms with E-state index in [-0.39, 0.29) is 17.8 Å². The highest BCUT2D eigenvalue weighted by molar-refractivity contribution is 5.81. The fourth-order valence-electron chi connectivity index (χ4n) is 2.01. The van der Waals surface area contributed by atoms with Gasteiger partial charge >= 0.3 is 11.6 Å². The molecular weight excluding hydrogens is 288 g/mol. The van der Waals surface area contributed by atoms with Crippen molar-refractivity contribution in [1.82, 2.24) is 0 Å². The molecule has 2 aromatic rings. The van der Waals surface area contributed by atoms with E-state index in [0.717, 1.165) is 0 Å². The number of carbonyl (C=O) groups is 1. The summed E-state index contributed by atoms with van der Waals surface area (Å²) in [4.78, 5) is 22.5. The number of carbonyl (C=O) groups excluding carboxylic acids is 1. The summed E-state index contributed by atoms with van der Waals surface area (Å²) in [7, 11) is 0. The second kappa shape index (κ2) is 5.90. The van der Waals surface area contributed by atoms with Crippen molar-refractivity contribution in [3.63, 3.8) is 0 Å². The van der Waals surface area contributed by atoms with Crippen LogP contribution in [-0.2, 0) is 11.2 Å². The van der Waals surface area contributed by atoms with Crippen LogP contribution in [0.3, 0.4) is 0 Å². The Morgan fingerprint density at radius 3 is 2.64 bits per heavy atom. The van der Waals surface area contributed by atoms with Crippen molar-refractivity contribution in [1.29, 1.82) is 0 Å². The summed E-state index contributed by atoms with van der Waals surface area (Å²) in [5.41, 5.74) is -0.993. The predicted molar refractivity (Wildman–Crippen MR) is 79.8 cm³/mol. The van der Waals surface area contributed by atoms with E-state index in [1.165, 1.54) is 32.9 Å². The SMILES string of the molecule is CC(=O)Oc1cc2oc(=O)ccc2cc1C[C@@H](O)C(C)(C)O. The maximum atomic E-state index is 11.3. The first-order chi connectivity index (χ1) is 10.2. The summed E-state index contributed by atoms with van der Waals surface area (Å²) in [5, 5.41) is 20.5. The number of hydrogen-bond donors (Lipinski definition) is 2. The van der Waals surface area contributed by atoms with E-state index in [1.54, 1.807) is 12.1 Å². The van der Waals surface area contributed by atoms with Gasteiger partial charge in [0, 0.05) is 30.9 Å². The molecule has 1 heterocycles. The molecule has 0 bridgehead atoms. The Balaban J connectivity index is 2.52. The highest BCUT2D eigenvalue weighted by Crippen LogP contribution is 2.28. The van der Waals surface area contributed by atoms with Gasteiger partial charge in [-0.1, -0.05) is 0 Å². The number of aliphatic hydroxyl groups is 2. The monoisotopic (exact) mass is 306 g/mol. The number of esters is 1. The fraction of sp³-hybridized carbons (Fsp3) is 0.375. The molecule has 0 fully saturated rings. The zero-order chi connectivity index (χ0) is 16.5. The van der Waals surface area contributed by atoms with Gasteiger partial charge in [-0.3, -0.25) is 4.79 Å². The Kier molecular flexibility index (Phi) is 4.35. The molecule has 0 radical (unpaired) electrons. The third-order valence-corrected chi connectivity index (χ3v) is 3.28. The van der Waals surface area contributed by atoms with Gasteiger partial charge in [-0.25, -0.2) is 4.79 Å². The van der Waals surface area contributed by atoms with Crippen LogP contribution in [0.1, 0.15) is 26.3 Å². The van der Waals surface area contributed by atoms with Gasteiger partial charge in [0.05, 0.1) is 11.7 Å². The molecule has 6 heteroatoms. The summed E-state index contributed by atoms with van der Waals surface area (Å²) < 4.78 is 10.2. The molecule has 6 nitrogen and oxygen atoms in total. The van der Waals surface area contributed by atoms with Crippen molar-refractivity contribution >= 4 is 16.9 Å². The second-order valence-corrected chi connectivity index (χ2v) is 5.72. The smallest absolute Gasteiger partial charge is 0.336 e. The summed E-state index contributed by atoms with van der Waals surface area (Å²) in [5.74, 6) is -0.339. The first kappa shape index (κ1) is 16.2. The van der Waals surface area contributed by atoms with E-state index in [9.17, 15) is 19.8 Å². The minimum absolute atomic E-state index is 0.0845. The Morgan fingerprint density at radius 1 is 1.36 bits per heavy atom. The highest BCUT2D eigenvalue weighted by Gasteiger charge is 2.26. The molecule has 2 rings (SSSR count). The summed E-state index contributed by atoms with van der Waals surface area (Å²) in [6.45, 7) is 4.23. The molecule has 22 heavy (non-hydrogen) atoms. The molecule has 0 amide bonds. The minimum Gasteiger partial charge on any atom is -0.426 e. The molecule has 1 aromatic carbocycles. The molecule has 0 saturated carbocycles. The van der Waals surface area contributed by atoms with Crippen LogP contribution >= 0.6 is 0 Å². The molecule has 1 atom stereocenters. The normalized spacial score (nSPS) is 13.1. The third kappa shape index (κ3) is 3.72. The van der Waals surface area contributed by atoms with E-state index in [4.69, 9.17) is 9.15 Å². The summed E-state index contributed by atoms with van der Waals surface area (Å²) in [6.07, 6.45) is -0.962. The molecule has 118 valence electrons. The van der Waals surface area contributed by atoms with Crippen LogP contribution in [0.4, 0.5) is 0 Å². The molecule has 0 aliphatic heterocycles. The number of aliphatic hydroxyl groups excluding tert-OH is 1. The van der Waals surface area contributed by atoms with Crippen molar-refractivity contribution in [3.05, 3.63) is 40.2 Å². The van der Waals surface area contributed by atoms with Crippen LogP contribution in [0.5, 0.6) is 5.75 Å². The van der Waals surface area contributed by atoms with Crippen LogP contribution in [0.15, 0.2) is 33.5 Å². The lowest BCUT2D eigenvalue weighted by molar-refractivity contribution is -0.131. The molecule has 0 saturated heterocycles. The zero-order valence-corrected chi connectivity index (χ0v) is 12.6. The average Bonchev–Trinajstić information content (AvgIpc) is 2.37. The number of fused-ring (bicyclic) bond motifs is 1. The molecule has 0 aliphatic rings. The second-order valence-electron chi connectivity index (χ2n) is 5.72. The van der Waals surface area contributed by atoms with Crippen molar-refractivity contribution in [2.75, 3.05) is 0 Å². The molecule has 0 spiro atoms. The maximum absolute atomic E-state index is 11.3. The molecular formula is C16H18O6. The Labute approximate surface area is 126 Å². The topological polar surface area (TPSA) is 97.0 Å². The Morgan fingerprint density at radius 2 is 2.05 bits per heavy atom. The van der Waals surface area contributed by atoms with Crippen molar-refractivity contribution < 1.29 is 24.2 Å². The summed E-state index contributed by atoms with van der Waals surface area (Å²) >= 11 is 0. The van der Waals surface area contributed by atoms with Crippen LogP contribution in [-0.4, -0.2) is 27.9 Å². The quantitative estimate of drug-likeness (QED) is 0.503. The number of benzene rings is 1. The van der Waals surface area contributed by atoms with Crippen LogP contribution in [0.25, 0.3) is 11.0 Å². The zero-order valence-electron chi connectivity index (χ0n) is 12.6. The Bertz CT molecular complexity index is 753. The largest absolute Gasteiger partial charge is 0.426 e. The van der Waals surface area contributed by atoms with Crippen molar-refractivity contribution in [2.45, 2.75) is 38.9 Å². The molecule has 2 N–H and O–H groups in total. The van der Waals surface area contributed by atoms with Crippen LogP contribution < -0.4 is 10.4 Å². The number of rotatable bonds is 4. The maximum Gasteiger partial charge on any atom is 0.336 e. The van der Waals surface area contributed by atoms with E-state index < -0.39 is 23.3 Å². The fourth-order valence-corrected chi connectivity index (χ4v) is 2.01. The number of ether oxygens (including phenoxy) is 1. The van der Waals surface area contributed by atoms with Crippen LogP contribution in [0.2, 0.25) is 0 Å². The average molecular weight is 306 g/mol. The number of hydrogen-bond acceptors (Lipinski definition) is 6. The summed E-state index contributed by atoms with van der Waals surface area (Å²) in [6, 6.07) is 5.96. The van der Waals surface area contributed by atoms with Gasteiger partial charge in [0.2, 0.25) is 0 Å². The van der Waals surface area contributed by atoms with Gasteiger partial charge in [-0.2, -0.15) is 0 Å². The molecule has 1 aromatic heterocycles. The predicted octanol–water partition coefficient (Wildman–Crippen LogP) is 1.39. The Hall–Kier alpha value is -2.18. The van der Waals surface area contributed by atoms with E-state index in [2.05, 4.69) is 0 Å². The van der Waals surface area contributed by atoms with Gasteiger partial charge in [0.25, 0.3) is 0 Å². The standard InChI is InChI=1S/C16H18O6/c1-9(17)21-13-8-12-10(4-5-15(19)22-12)6-11(13)7-14(18)16(2,3)20/h4-6,8,14,18,20H,7H2,1-3H3/t14-/m1/s1. The molecule has 0 aliphatic carbocycles. The lowest BCUT2D eigenvalue weighted by atomic mass is 9.94. The lowest BCUT2D eigenvalue weighted by Gasteiger charge is -2.25. The van der Waals surface area contributed by atoms with Crippen molar-refractivity contribution in [2.24, 2.45) is 0 Å². The van der Waals surface area contributed by atoms with Crippen LogP contribution in [0, 0.1) is 0 Å². The third-order valence-electron chi connectivity index (χ3n) is 3.28. The van der Waals surface area contributed by atoms with Gasteiger partial charge in [0.1, 0.15) is 11.3 Å². The first-order valence-corrected chi connectivity index (χ1v) is 6.82. The van der Waals surface area contributed by atoms with Gasteiger partial charge in [-0.15, -0.1) is 0 Å². The van der Waals surface area contributed by atoms with Crippen molar-refractivity contribution in [3.8, 4) is 5.75 Å². The van der Waals surface area contributed by atoms with Gasteiger partial charge in [0.15, 0.2) is 0 Å². The van der Waals surface area contributed by atoms with Gasteiger partial charge in [-0.05, 0) is 31.5 Å². The van der Waals surface area contributed by atoms with E-state index >= 15 is 0 Å². The first-order valence-electron chi connectivity index (χ1n) is 6.82. The molecule has 0 unspecified atom stereocenters.